The van der Waals surface area contributed by atoms with Crippen molar-refractivity contribution in [3.8, 4) is 0 Å². The molecule has 5 heteroatoms. The van der Waals surface area contributed by atoms with Gasteiger partial charge in [0.05, 0.1) is 17.6 Å². The lowest BCUT2D eigenvalue weighted by molar-refractivity contribution is -0.143. The highest BCUT2D eigenvalue weighted by molar-refractivity contribution is 5.96. The summed E-state index contributed by atoms with van der Waals surface area (Å²) < 4.78 is 5.55. The van der Waals surface area contributed by atoms with Crippen molar-refractivity contribution in [1.82, 2.24) is 4.90 Å². The fourth-order valence-electron chi connectivity index (χ4n) is 5.11. The van der Waals surface area contributed by atoms with E-state index >= 15 is 0 Å². The molecule has 5 atom stereocenters. The molecule has 1 aliphatic heterocycles. The number of imide groups is 1. The summed E-state index contributed by atoms with van der Waals surface area (Å²) in [7, 11) is 0. The number of fused-ring (bicyclic) bond motifs is 1. The Morgan fingerprint density at radius 3 is 2.55 bits per heavy atom. The van der Waals surface area contributed by atoms with Crippen LogP contribution in [0.1, 0.15) is 53.9 Å². The highest BCUT2D eigenvalue weighted by Gasteiger charge is 2.74. The summed E-state index contributed by atoms with van der Waals surface area (Å²) in [5, 5.41) is 10.3. The van der Waals surface area contributed by atoms with E-state index in [0.29, 0.717) is 5.92 Å². The van der Waals surface area contributed by atoms with Crippen LogP contribution >= 0.6 is 0 Å². The predicted molar refractivity (Wildman–Crippen MR) is 81.0 cm³/mol. The lowest BCUT2D eigenvalue weighted by atomic mass is 9.74. The van der Waals surface area contributed by atoms with E-state index in [1.54, 1.807) is 6.92 Å². The van der Waals surface area contributed by atoms with Crippen LogP contribution in [0.4, 0.5) is 4.79 Å². The van der Waals surface area contributed by atoms with E-state index in [-0.39, 0.29) is 23.3 Å². The van der Waals surface area contributed by atoms with Crippen molar-refractivity contribution in [3.05, 3.63) is 0 Å². The molecule has 22 heavy (non-hydrogen) atoms. The SMILES string of the molecule is CC(C)[C@@H](O)[C@@H](C)C(=O)N1C(=O)O[C@@H]2C[C@H]3CC[C@]21C3(C)C. The third kappa shape index (κ3) is 1.69. The first-order valence-electron chi connectivity index (χ1n) is 8.37. The van der Waals surface area contributed by atoms with E-state index in [1.807, 2.05) is 13.8 Å². The van der Waals surface area contributed by atoms with Crippen LogP contribution in [-0.2, 0) is 9.53 Å². The van der Waals surface area contributed by atoms with Gasteiger partial charge in [0.1, 0.15) is 6.10 Å². The number of aliphatic hydroxyl groups excluding tert-OH is 1. The minimum atomic E-state index is -0.752. The van der Waals surface area contributed by atoms with Gasteiger partial charge in [0, 0.05) is 0 Å². The van der Waals surface area contributed by atoms with Gasteiger partial charge in [0.15, 0.2) is 0 Å². The monoisotopic (exact) mass is 309 g/mol. The van der Waals surface area contributed by atoms with Gasteiger partial charge < -0.3 is 9.84 Å². The topological polar surface area (TPSA) is 66.8 Å². The number of hydrogen-bond donors (Lipinski definition) is 1. The maximum Gasteiger partial charge on any atom is 0.417 e. The second-order valence-electron chi connectivity index (χ2n) is 8.19. The number of carbonyl (C=O) groups excluding carboxylic acids is 2. The van der Waals surface area contributed by atoms with E-state index in [2.05, 4.69) is 13.8 Å². The molecule has 124 valence electrons. The molecule has 1 N–H and O–H groups in total. The predicted octanol–water partition coefficient (Wildman–Crippen LogP) is 2.57. The van der Waals surface area contributed by atoms with Gasteiger partial charge in [-0.05, 0) is 36.5 Å². The maximum absolute atomic E-state index is 13.0. The molecule has 0 unspecified atom stereocenters. The van der Waals surface area contributed by atoms with Gasteiger partial charge in [0.25, 0.3) is 0 Å². The zero-order valence-electron chi connectivity index (χ0n) is 14.1. The van der Waals surface area contributed by atoms with Gasteiger partial charge in [-0.3, -0.25) is 4.79 Å². The molecular formula is C17H27NO4. The van der Waals surface area contributed by atoms with E-state index in [1.165, 1.54) is 4.90 Å². The molecule has 1 spiro atoms. The third-order valence-electron chi connectivity index (χ3n) is 6.67. The van der Waals surface area contributed by atoms with E-state index in [0.717, 1.165) is 19.3 Å². The van der Waals surface area contributed by atoms with Crippen LogP contribution in [0, 0.1) is 23.2 Å². The van der Waals surface area contributed by atoms with Crippen LogP contribution in [0.5, 0.6) is 0 Å². The summed E-state index contributed by atoms with van der Waals surface area (Å²) in [6.07, 6.45) is 1.25. The molecule has 0 radical (unpaired) electrons. The average molecular weight is 309 g/mol. The molecule has 0 aromatic carbocycles. The van der Waals surface area contributed by atoms with Crippen molar-refractivity contribution < 1.29 is 19.4 Å². The van der Waals surface area contributed by atoms with Crippen LogP contribution in [0.15, 0.2) is 0 Å². The number of amides is 2. The van der Waals surface area contributed by atoms with Crippen molar-refractivity contribution in [2.24, 2.45) is 23.2 Å². The summed E-state index contributed by atoms with van der Waals surface area (Å²) in [5.74, 6) is -0.425. The Morgan fingerprint density at radius 2 is 2.00 bits per heavy atom. The molecule has 3 rings (SSSR count). The smallest absolute Gasteiger partial charge is 0.417 e. The zero-order valence-corrected chi connectivity index (χ0v) is 14.1. The van der Waals surface area contributed by atoms with Crippen molar-refractivity contribution in [2.45, 2.75) is 71.6 Å². The Labute approximate surface area is 132 Å². The molecule has 5 nitrogen and oxygen atoms in total. The quantitative estimate of drug-likeness (QED) is 0.870. The third-order valence-corrected chi connectivity index (χ3v) is 6.67. The van der Waals surface area contributed by atoms with Crippen LogP contribution < -0.4 is 0 Å². The van der Waals surface area contributed by atoms with Crippen molar-refractivity contribution in [2.75, 3.05) is 0 Å². The number of rotatable bonds is 3. The fraction of sp³-hybridized carbons (Fsp3) is 0.882. The average Bonchev–Trinajstić information content (AvgIpc) is 2.96. The van der Waals surface area contributed by atoms with E-state index in [4.69, 9.17) is 4.74 Å². The van der Waals surface area contributed by atoms with Crippen molar-refractivity contribution in [1.29, 1.82) is 0 Å². The summed E-state index contributed by atoms with van der Waals surface area (Å²) in [4.78, 5) is 26.8. The van der Waals surface area contributed by atoms with Crippen LogP contribution in [-0.4, -0.2) is 39.8 Å². The molecule has 0 aromatic heterocycles. The van der Waals surface area contributed by atoms with Gasteiger partial charge in [-0.1, -0.05) is 34.6 Å². The molecule has 2 amide bonds. The number of hydrogen-bond acceptors (Lipinski definition) is 4. The number of aliphatic hydroxyl groups is 1. The summed E-state index contributed by atoms with van der Waals surface area (Å²) in [6.45, 7) is 9.76. The largest absolute Gasteiger partial charge is 0.443 e. The number of ether oxygens (including phenoxy) is 1. The molecule has 0 aromatic rings. The molecule has 1 heterocycles. The Hall–Kier alpha value is -1.10. The lowest BCUT2D eigenvalue weighted by Crippen LogP contribution is -2.59. The summed E-state index contributed by atoms with van der Waals surface area (Å²) in [5.41, 5.74) is -0.640. The van der Waals surface area contributed by atoms with Gasteiger partial charge in [-0.2, -0.15) is 0 Å². The molecule has 1 saturated heterocycles. The van der Waals surface area contributed by atoms with Crippen LogP contribution in [0.2, 0.25) is 0 Å². The van der Waals surface area contributed by atoms with Gasteiger partial charge in [-0.25, -0.2) is 9.69 Å². The molecule has 2 saturated carbocycles. The zero-order chi connectivity index (χ0) is 16.4. The summed E-state index contributed by atoms with van der Waals surface area (Å²) in [6, 6.07) is 0. The molecular weight excluding hydrogens is 282 g/mol. The van der Waals surface area contributed by atoms with E-state index in [9.17, 15) is 14.7 Å². The standard InChI is InChI=1S/C17H27NO4/c1-9(2)13(19)10(3)14(20)18-15(21)22-12-8-11-6-7-17(12,18)16(11,4)5/h9-13,19H,6-8H2,1-5H3/t10-,11-,12-,13-,17-/m1/s1. The number of carbonyl (C=O) groups is 2. The normalized spacial score (nSPS) is 38.1. The fourth-order valence-corrected chi connectivity index (χ4v) is 5.11. The second-order valence-corrected chi connectivity index (χ2v) is 8.19. The van der Waals surface area contributed by atoms with Crippen molar-refractivity contribution in [3.63, 3.8) is 0 Å². The maximum atomic E-state index is 13.0. The molecule has 3 aliphatic rings. The van der Waals surface area contributed by atoms with Gasteiger partial charge in [0.2, 0.25) is 5.91 Å². The lowest BCUT2D eigenvalue weighted by Gasteiger charge is -2.42. The highest BCUT2D eigenvalue weighted by Crippen LogP contribution is 2.66. The highest BCUT2D eigenvalue weighted by atomic mass is 16.6. The van der Waals surface area contributed by atoms with Gasteiger partial charge in [-0.15, -0.1) is 0 Å². The van der Waals surface area contributed by atoms with Crippen LogP contribution in [0.25, 0.3) is 0 Å². The molecule has 2 bridgehead atoms. The Bertz CT molecular complexity index is 515. The Balaban J connectivity index is 1.96. The first kappa shape index (κ1) is 15.8. The Morgan fingerprint density at radius 1 is 1.36 bits per heavy atom. The summed E-state index contributed by atoms with van der Waals surface area (Å²) >= 11 is 0. The minimum Gasteiger partial charge on any atom is -0.443 e. The second kappa shape index (κ2) is 4.70. The minimum absolute atomic E-state index is 0.0289. The van der Waals surface area contributed by atoms with Crippen molar-refractivity contribution >= 4 is 12.0 Å². The number of nitrogens with zero attached hydrogens (tertiary/aromatic N) is 1. The first-order chi connectivity index (χ1) is 10.1. The van der Waals surface area contributed by atoms with E-state index < -0.39 is 23.7 Å². The molecule has 3 fully saturated rings. The van der Waals surface area contributed by atoms with Crippen LogP contribution in [0.3, 0.4) is 0 Å². The first-order valence-corrected chi connectivity index (χ1v) is 8.37. The Kier molecular flexibility index (Phi) is 3.37. The van der Waals surface area contributed by atoms with Gasteiger partial charge >= 0.3 is 6.09 Å². The molecule has 2 aliphatic carbocycles.